The van der Waals surface area contributed by atoms with Crippen LogP contribution in [0.25, 0.3) is 11.1 Å². The average molecular weight is 333 g/mol. The zero-order valence-electron chi connectivity index (χ0n) is 12.6. The SMILES string of the molecule is CC(C)C[C@H](Nc1cscc1-c1ccsc1)C(=O)NCC#N. The Morgan fingerprint density at radius 3 is 2.77 bits per heavy atom. The van der Waals surface area contributed by atoms with Gasteiger partial charge in [-0.3, -0.25) is 4.79 Å². The van der Waals surface area contributed by atoms with Crippen molar-refractivity contribution >= 4 is 34.3 Å². The molecule has 0 aliphatic rings. The fraction of sp³-hybridized carbons (Fsp3) is 0.375. The molecule has 0 bridgehead atoms. The third kappa shape index (κ3) is 4.33. The number of anilines is 1. The summed E-state index contributed by atoms with van der Waals surface area (Å²) >= 11 is 3.27. The number of carbonyl (C=O) groups excluding carboxylic acids is 1. The molecule has 116 valence electrons. The smallest absolute Gasteiger partial charge is 0.243 e. The fourth-order valence-corrected chi connectivity index (χ4v) is 3.64. The van der Waals surface area contributed by atoms with Gasteiger partial charge in [-0.25, -0.2) is 0 Å². The first-order valence-electron chi connectivity index (χ1n) is 7.11. The van der Waals surface area contributed by atoms with Crippen LogP contribution >= 0.6 is 22.7 Å². The quantitative estimate of drug-likeness (QED) is 0.754. The van der Waals surface area contributed by atoms with Gasteiger partial charge >= 0.3 is 0 Å². The molecule has 1 amide bonds. The van der Waals surface area contributed by atoms with E-state index in [2.05, 4.69) is 41.3 Å². The summed E-state index contributed by atoms with van der Waals surface area (Å²) in [6, 6.07) is 3.68. The van der Waals surface area contributed by atoms with E-state index in [1.807, 2.05) is 16.8 Å². The van der Waals surface area contributed by atoms with Crippen LogP contribution in [0.2, 0.25) is 0 Å². The molecule has 0 saturated carbocycles. The Balaban J connectivity index is 2.15. The van der Waals surface area contributed by atoms with E-state index in [9.17, 15) is 4.79 Å². The number of hydrogen-bond donors (Lipinski definition) is 2. The van der Waals surface area contributed by atoms with Crippen molar-refractivity contribution in [3.63, 3.8) is 0 Å². The molecule has 1 atom stereocenters. The van der Waals surface area contributed by atoms with Crippen LogP contribution in [0, 0.1) is 17.2 Å². The first-order valence-corrected chi connectivity index (χ1v) is 9.00. The van der Waals surface area contributed by atoms with Crippen molar-refractivity contribution in [2.75, 3.05) is 11.9 Å². The Labute approximate surface area is 138 Å². The lowest BCUT2D eigenvalue weighted by molar-refractivity contribution is -0.121. The molecule has 0 fully saturated rings. The first kappa shape index (κ1) is 16.5. The zero-order valence-corrected chi connectivity index (χ0v) is 14.3. The predicted octanol–water partition coefficient (Wildman–Crippen LogP) is 3.94. The maximum atomic E-state index is 12.2. The molecular weight excluding hydrogens is 314 g/mol. The van der Waals surface area contributed by atoms with Crippen LogP contribution in [0.1, 0.15) is 20.3 Å². The minimum atomic E-state index is -0.333. The Hall–Kier alpha value is -1.84. The molecule has 6 heteroatoms. The van der Waals surface area contributed by atoms with Crippen LogP contribution in [0.4, 0.5) is 5.69 Å². The van der Waals surface area contributed by atoms with Crippen LogP contribution < -0.4 is 10.6 Å². The predicted molar refractivity (Wildman–Crippen MR) is 93.1 cm³/mol. The monoisotopic (exact) mass is 333 g/mol. The van der Waals surface area contributed by atoms with Gasteiger partial charge in [0.25, 0.3) is 0 Å². The van der Waals surface area contributed by atoms with Gasteiger partial charge in [0.2, 0.25) is 5.91 Å². The van der Waals surface area contributed by atoms with E-state index in [0.29, 0.717) is 5.92 Å². The van der Waals surface area contributed by atoms with E-state index >= 15 is 0 Å². The van der Waals surface area contributed by atoms with E-state index in [4.69, 9.17) is 5.26 Å². The summed E-state index contributed by atoms with van der Waals surface area (Å²) < 4.78 is 0. The van der Waals surface area contributed by atoms with E-state index in [1.165, 1.54) is 0 Å². The number of hydrogen-bond acceptors (Lipinski definition) is 5. The molecule has 2 heterocycles. The van der Waals surface area contributed by atoms with Gasteiger partial charge in [0.15, 0.2) is 0 Å². The second-order valence-electron chi connectivity index (χ2n) is 5.41. The fourth-order valence-electron chi connectivity index (χ4n) is 2.19. The van der Waals surface area contributed by atoms with Gasteiger partial charge in [-0.05, 0) is 34.7 Å². The van der Waals surface area contributed by atoms with Gasteiger partial charge < -0.3 is 10.6 Å². The van der Waals surface area contributed by atoms with Gasteiger partial charge in [0, 0.05) is 16.3 Å². The molecule has 0 saturated heterocycles. The van der Waals surface area contributed by atoms with Gasteiger partial charge in [0.1, 0.15) is 12.6 Å². The van der Waals surface area contributed by atoms with Crippen molar-refractivity contribution in [2.45, 2.75) is 26.3 Å². The molecule has 22 heavy (non-hydrogen) atoms. The van der Waals surface area contributed by atoms with Crippen molar-refractivity contribution in [1.82, 2.24) is 5.32 Å². The molecule has 2 N–H and O–H groups in total. The number of nitrogens with zero attached hydrogens (tertiary/aromatic N) is 1. The van der Waals surface area contributed by atoms with E-state index < -0.39 is 0 Å². The van der Waals surface area contributed by atoms with Crippen molar-refractivity contribution in [2.24, 2.45) is 5.92 Å². The average Bonchev–Trinajstić information content (AvgIpc) is 3.13. The number of nitrogens with one attached hydrogen (secondary N) is 2. The van der Waals surface area contributed by atoms with E-state index in [0.717, 1.165) is 23.2 Å². The second kappa shape index (κ2) is 7.97. The first-order chi connectivity index (χ1) is 10.6. The third-order valence-electron chi connectivity index (χ3n) is 3.19. The second-order valence-corrected chi connectivity index (χ2v) is 6.94. The van der Waals surface area contributed by atoms with E-state index in [1.54, 1.807) is 22.7 Å². The highest BCUT2D eigenvalue weighted by Gasteiger charge is 2.21. The molecule has 2 aromatic rings. The van der Waals surface area contributed by atoms with Crippen molar-refractivity contribution in [1.29, 1.82) is 5.26 Å². The van der Waals surface area contributed by atoms with Gasteiger partial charge in [0.05, 0.1) is 11.8 Å². The zero-order chi connectivity index (χ0) is 15.9. The summed E-state index contributed by atoms with van der Waals surface area (Å²) in [5.41, 5.74) is 3.25. The lowest BCUT2D eigenvalue weighted by Gasteiger charge is -2.20. The van der Waals surface area contributed by atoms with Crippen LogP contribution in [-0.2, 0) is 4.79 Å². The largest absolute Gasteiger partial charge is 0.372 e. The lowest BCUT2D eigenvalue weighted by Crippen LogP contribution is -2.40. The summed E-state index contributed by atoms with van der Waals surface area (Å²) in [6.07, 6.45) is 0.718. The van der Waals surface area contributed by atoms with Crippen LogP contribution in [0.5, 0.6) is 0 Å². The maximum Gasteiger partial charge on any atom is 0.243 e. The number of nitriles is 1. The number of thiophene rings is 2. The maximum absolute atomic E-state index is 12.2. The molecule has 0 radical (unpaired) electrons. The highest BCUT2D eigenvalue weighted by atomic mass is 32.1. The summed E-state index contributed by atoms with van der Waals surface area (Å²) in [7, 11) is 0. The Kier molecular flexibility index (Phi) is 5.99. The summed E-state index contributed by atoms with van der Waals surface area (Å²) in [6.45, 7) is 4.20. The summed E-state index contributed by atoms with van der Waals surface area (Å²) in [5.74, 6) is 0.256. The summed E-state index contributed by atoms with van der Waals surface area (Å²) in [5, 5.41) is 22.9. The molecule has 0 aliphatic carbocycles. The Bertz CT molecular complexity index is 641. The van der Waals surface area contributed by atoms with Crippen LogP contribution in [0.3, 0.4) is 0 Å². The third-order valence-corrected chi connectivity index (χ3v) is 4.62. The van der Waals surface area contributed by atoms with Crippen LogP contribution in [-0.4, -0.2) is 18.5 Å². The highest BCUT2D eigenvalue weighted by molar-refractivity contribution is 7.09. The molecule has 2 rings (SSSR count). The summed E-state index contributed by atoms with van der Waals surface area (Å²) in [4.78, 5) is 12.2. The molecule has 4 nitrogen and oxygen atoms in total. The van der Waals surface area contributed by atoms with Gasteiger partial charge in [-0.1, -0.05) is 13.8 Å². The van der Waals surface area contributed by atoms with Crippen LogP contribution in [0.15, 0.2) is 27.6 Å². The minimum absolute atomic E-state index is 0.0378. The van der Waals surface area contributed by atoms with Crippen molar-refractivity contribution < 1.29 is 4.79 Å². The number of amides is 1. The normalized spacial score (nSPS) is 11.9. The molecular formula is C16H19N3OS2. The molecule has 0 unspecified atom stereocenters. The minimum Gasteiger partial charge on any atom is -0.372 e. The molecule has 0 aromatic carbocycles. The Morgan fingerprint density at radius 1 is 1.32 bits per heavy atom. The topological polar surface area (TPSA) is 64.9 Å². The van der Waals surface area contributed by atoms with Gasteiger partial charge in [-0.15, -0.1) is 11.3 Å². The standard InChI is InChI=1S/C16H19N3OS2/c1-11(2)7-14(16(20)18-5-4-17)19-15-10-22-9-13(15)12-3-6-21-8-12/h3,6,8-11,14,19H,5,7H2,1-2H3,(H,18,20)/t14-/m0/s1. The lowest BCUT2D eigenvalue weighted by atomic mass is 10.0. The number of carbonyl (C=O) groups is 1. The number of rotatable bonds is 7. The highest BCUT2D eigenvalue weighted by Crippen LogP contribution is 2.33. The molecule has 0 spiro atoms. The molecule has 0 aliphatic heterocycles. The van der Waals surface area contributed by atoms with Crippen molar-refractivity contribution in [3.8, 4) is 17.2 Å². The molecule has 2 aromatic heterocycles. The Morgan fingerprint density at radius 2 is 2.14 bits per heavy atom. The van der Waals surface area contributed by atoms with Gasteiger partial charge in [-0.2, -0.15) is 16.6 Å². The van der Waals surface area contributed by atoms with Crippen molar-refractivity contribution in [3.05, 3.63) is 27.6 Å². The van der Waals surface area contributed by atoms with E-state index in [-0.39, 0.29) is 18.5 Å².